The Morgan fingerprint density at radius 1 is 1.27 bits per heavy atom. The Bertz CT molecular complexity index is 782. The van der Waals surface area contributed by atoms with Crippen LogP contribution in [0, 0.1) is 0 Å². The number of rotatable bonds is 4. The zero-order valence-corrected chi connectivity index (χ0v) is 14.6. The molecular formula is C13H17ClN2O4S2. The lowest BCUT2D eigenvalue weighted by molar-refractivity contribution is 0.355. The van der Waals surface area contributed by atoms with Crippen LogP contribution >= 0.6 is 11.6 Å². The van der Waals surface area contributed by atoms with Gasteiger partial charge in [0.2, 0.25) is 0 Å². The zero-order valence-electron chi connectivity index (χ0n) is 12.2. The molecule has 1 saturated heterocycles. The summed E-state index contributed by atoms with van der Waals surface area (Å²) in [5, 5.41) is 4.48. The summed E-state index contributed by atoms with van der Waals surface area (Å²) in [6.45, 7) is 3.32. The van der Waals surface area contributed by atoms with Crippen LogP contribution < -0.4 is 0 Å². The van der Waals surface area contributed by atoms with E-state index in [4.69, 9.17) is 11.6 Å². The summed E-state index contributed by atoms with van der Waals surface area (Å²) in [6.07, 6.45) is 0.242. The fraction of sp³-hybridized carbons (Fsp3) is 0.462. The first-order valence-corrected chi connectivity index (χ1v) is 10.3. The van der Waals surface area contributed by atoms with E-state index >= 15 is 0 Å². The maximum Gasteiger partial charge on any atom is 0.279 e. The molecule has 1 aromatic rings. The number of hydrogen-bond donors (Lipinski definition) is 0. The fourth-order valence-electron chi connectivity index (χ4n) is 2.19. The molecule has 22 heavy (non-hydrogen) atoms. The molecule has 2 rings (SSSR count). The Balaban J connectivity index is 2.45. The van der Waals surface area contributed by atoms with Crippen molar-refractivity contribution in [3.05, 3.63) is 29.3 Å². The number of benzene rings is 1. The van der Waals surface area contributed by atoms with Crippen LogP contribution in [0.15, 0.2) is 34.3 Å². The van der Waals surface area contributed by atoms with Gasteiger partial charge in [-0.1, -0.05) is 11.6 Å². The third-order valence-electron chi connectivity index (χ3n) is 3.18. The van der Waals surface area contributed by atoms with Crippen LogP contribution in [0.5, 0.6) is 0 Å². The number of hydrazone groups is 1. The molecule has 0 aromatic heterocycles. The molecule has 6 nitrogen and oxygen atoms in total. The normalized spacial score (nSPS) is 20.6. The standard InChI is InChI=1S/C13H17ClN2O4S2/c1-10(2)15-16(12-7-8-21(17,18)9-12)22(19,20)13-5-3-11(14)4-6-13/h3-6,12H,7-9H2,1-2H3/t12-/m0/s1. The molecule has 1 aromatic carbocycles. The van der Waals surface area contributed by atoms with Gasteiger partial charge in [0.05, 0.1) is 22.4 Å². The van der Waals surface area contributed by atoms with Gasteiger partial charge in [0.15, 0.2) is 9.84 Å². The van der Waals surface area contributed by atoms with Gasteiger partial charge in [-0.05, 0) is 44.5 Å². The summed E-state index contributed by atoms with van der Waals surface area (Å²) in [5.74, 6) is -0.237. The summed E-state index contributed by atoms with van der Waals surface area (Å²) in [4.78, 5) is 0.0335. The highest BCUT2D eigenvalue weighted by molar-refractivity contribution is 7.92. The number of hydrogen-bond acceptors (Lipinski definition) is 5. The maximum atomic E-state index is 12.8. The predicted octanol–water partition coefficient (Wildman–Crippen LogP) is 1.91. The van der Waals surface area contributed by atoms with Crippen molar-refractivity contribution in [3.8, 4) is 0 Å². The van der Waals surface area contributed by atoms with E-state index in [0.717, 1.165) is 4.41 Å². The van der Waals surface area contributed by atoms with Crippen molar-refractivity contribution >= 4 is 37.2 Å². The molecule has 0 bridgehead atoms. The van der Waals surface area contributed by atoms with E-state index in [1.165, 1.54) is 24.3 Å². The minimum absolute atomic E-state index is 0.0252. The highest BCUT2D eigenvalue weighted by atomic mass is 35.5. The lowest BCUT2D eigenvalue weighted by Crippen LogP contribution is -2.37. The minimum Gasteiger partial charge on any atom is -0.229 e. The molecule has 1 heterocycles. The van der Waals surface area contributed by atoms with Gasteiger partial charge in [-0.15, -0.1) is 0 Å². The molecule has 0 amide bonds. The molecule has 1 fully saturated rings. The Kier molecular flexibility index (Phi) is 4.84. The molecule has 0 aliphatic carbocycles. The van der Waals surface area contributed by atoms with Crippen molar-refractivity contribution in [2.45, 2.75) is 31.2 Å². The van der Waals surface area contributed by atoms with Crippen LogP contribution in [0.25, 0.3) is 0 Å². The average Bonchev–Trinajstić information content (AvgIpc) is 2.76. The fourth-order valence-corrected chi connectivity index (χ4v) is 5.64. The summed E-state index contributed by atoms with van der Waals surface area (Å²) >= 11 is 5.77. The minimum atomic E-state index is -3.92. The zero-order chi connectivity index (χ0) is 16.5. The molecule has 0 saturated carbocycles. The van der Waals surface area contributed by atoms with Gasteiger partial charge in [-0.2, -0.15) is 17.9 Å². The van der Waals surface area contributed by atoms with Crippen LogP contribution in [0.4, 0.5) is 0 Å². The van der Waals surface area contributed by atoms with E-state index in [1.807, 2.05) is 0 Å². The second-order valence-electron chi connectivity index (χ2n) is 5.34. The van der Waals surface area contributed by atoms with Crippen molar-refractivity contribution < 1.29 is 16.8 Å². The van der Waals surface area contributed by atoms with Crippen molar-refractivity contribution in [2.75, 3.05) is 11.5 Å². The number of sulfonamides is 1. The Morgan fingerprint density at radius 3 is 2.32 bits per heavy atom. The second kappa shape index (κ2) is 6.17. The molecule has 0 N–H and O–H groups in total. The first-order chi connectivity index (χ1) is 10.1. The molecule has 9 heteroatoms. The topological polar surface area (TPSA) is 83.9 Å². The number of sulfone groups is 1. The molecule has 0 radical (unpaired) electrons. The average molecular weight is 365 g/mol. The summed E-state index contributed by atoms with van der Waals surface area (Å²) in [5.41, 5.74) is 0.529. The largest absolute Gasteiger partial charge is 0.279 e. The van der Waals surface area contributed by atoms with E-state index in [0.29, 0.717) is 10.7 Å². The van der Waals surface area contributed by atoms with Crippen molar-refractivity contribution in [3.63, 3.8) is 0 Å². The highest BCUT2D eigenvalue weighted by Crippen LogP contribution is 2.26. The monoisotopic (exact) mass is 364 g/mol. The molecule has 1 aliphatic rings. The third-order valence-corrected chi connectivity index (χ3v) is 6.92. The summed E-state index contributed by atoms with van der Waals surface area (Å²) in [7, 11) is -7.15. The lowest BCUT2D eigenvalue weighted by atomic mass is 10.3. The Hall–Kier alpha value is -1.12. The van der Waals surface area contributed by atoms with Gasteiger partial charge in [-0.25, -0.2) is 8.42 Å². The van der Waals surface area contributed by atoms with Gasteiger partial charge in [-0.3, -0.25) is 0 Å². The van der Waals surface area contributed by atoms with E-state index < -0.39 is 25.9 Å². The lowest BCUT2D eigenvalue weighted by Gasteiger charge is -2.25. The predicted molar refractivity (Wildman–Crippen MR) is 86.3 cm³/mol. The SMILES string of the molecule is CC(C)=NN([C@H]1CCS(=O)(=O)C1)S(=O)(=O)c1ccc(Cl)cc1. The first-order valence-electron chi connectivity index (χ1n) is 6.64. The molecule has 1 atom stereocenters. The van der Waals surface area contributed by atoms with E-state index in [1.54, 1.807) is 13.8 Å². The van der Waals surface area contributed by atoms with Crippen LogP contribution in [0.2, 0.25) is 5.02 Å². The van der Waals surface area contributed by atoms with Gasteiger partial charge >= 0.3 is 0 Å². The van der Waals surface area contributed by atoms with Crippen LogP contribution in [-0.4, -0.2) is 44.5 Å². The third kappa shape index (κ3) is 3.80. The number of nitrogens with zero attached hydrogens (tertiary/aromatic N) is 2. The van der Waals surface area contributed by atoms with Crippen LogP contribution in [0.1, 0.15) is 20.3 Å². The second-order valence-corrected chi connectivity index (χ2v) is 9.80. The van der Waals surface area contributed by atoms with Gasteiger partial charge in [0, 0.05) is 10.7 Å². The van der Waals surface area contributed by atoms with Crippen LogP contribution in [-0.2, 0) is 19.9 Å². The van der Waals surface area contributed by atoms with Gasteiger partial charge in [0.1, 0.15) is 0 Å². The Morgan fingerprint density at radius 2 is 1.86 bits per heavy atom. The molecule has 0 unspecified atom stereocenters. The Labute approximate surface area is 135 Å². The van der Waals surface area contributed by atoms with Crippen molar-refractivity contribution in [2.24, 2.45) is 5.10 Å². The van der Waals surface area contributed by atoms with Gasteiger partial charge < -0.3 is 0 Å². The van der Waals surface area contributed by atoms with E-state index in [2.05, 4.69) is 5.10 Å². The highest BCUT2D eigenvalue weighted by Gasteiger charge is 2.38. The quantitative estimate of drug-likeness (QED) is 0.603. The van der Waals surface area contributed by atoms with Crippen molar-refractivity contribution in [1.29, 1.82) is 0 Å². The molecular weight excluding hydrogens is 348 g/mol. The van der Waals surface area contributed by atoms with Crippen molar-refractivity contribution in [1.82, 2.24) is 4.41 Å². The summed E-state index contributed by atoms with van der Waals surface area (Å²) in [6, 6.07) is 5.03. The van der Waals surface area contributed by atoms with E-state index in [9.17, 15) is 16.8 Å². The molecule has 122 valence electrons. The van der Waals surface area contributed by atoms with E-state index in [-0.39, 0.29) is 22.8 Å². The van der Waals surface area contributed by atoms with Crippen LogP contribution in [0.3, 0.4) is 0 Å². The smallest absolute Gasteiger partial charge is 0.229 e. The maximum absolute atomic E-state index is 12.8. The summed E-state index contributed by atoms with van der Waals surface area (Å²) < 4.78 is 49.7. The molecule has 1 aliphatic heterocycles. The van der Waals surface area contributed by atoms with Gasteiger partial charge in [0.25, 0.3) is 10.0 Å². The first kappa shape index (κ1) is 17.2. The number of halogens is 1. The molecule has 0 spiro atoms.